The lowest BCUT2D eigenvalue weighted by molar-refractivity contribution is 0.242. The second-order valence-corrected chi connectivity index (χ2v) is 6.27. The molecule has 0 spiro atoms. The molecule has 3 rings (SSSR count). The highest BCUT2D eigenvalue weighted by Gasteiger charge is 2.34. The molecule has 0 radical (unpaired) electrons. The van der Waals surface area contributed by atoms with Crippen LogP contribution in [-0.4, -0.2) is 29.6 Å². The molecular formula is C16H26N4. The molecule has 1 aliphatic heterocycles. The molecule has 1 aromatic heterocycles. The van der Waals surface area contributed by atoms with Crippen LogP contribution in [0.4, 0.5) is 11.6 Å². The molecule has 1 aliphatic carbocycles. The Balaban J connectivity index is 1.96. The van der Waals surface area contributed by atoms with Crippen molar-refractivity contribution in [2.24, 2.45) is 5.92 Å². The van der Waals surface area contributed by atoms with Crippen molar-refractivity contribution >= 4 is 11.6 Å². The summed E-state index contributed by atoms with van der Waals surface area (Å²) in [5.74, 6) is 3.89. The zero-order valence-electron chi connectivity index (χ0n) is 12.9. The monoisotopic (exact) mass is 274 g/mol. The van der Waals surface area contributed by atoms with E-state index in [0.29, 0.717) is 6.04 Å². The van der Waals surface area contributed by atoms with E-state index >= 15 is 0 Å². The third-order valence-corrected chi connectivity index (χ3v) is 4.98. The standard InChI is InChI=1S/C16H26N4/c1-11-15(17-3)18-12(2)19-16(11)20-10-6-8-13-7-4-5-9-14(13)20/h13-14H,4-10H2,1-3H3,(H,17,18,19). The Morgan fingerprint density at radius 1 is 1.05 bits per heavy atom. The maximum Gasteiger partial charge on any atom is 0.137 e. The van der Waals surface area contributed by atoms with Gasteiger partial charge in [0.25, 0.3) is 0 Å². The average molecular weight is 274 g/mol. The zero-order chi connectivity index (χ0) is 14.1. The molecule has 1 N–H and O–H groups in total. The Morgan fingerprint density at radius 3 is 2.60 bits per heavy atom. The minimum absolute atomic E-state index is 0.704. The summed E-state index contributed by atoms with van der Waals surface area (Å²) in [6.45, 7) is 5.29. The lowest BCUT2D eigenvalue weighted by Gasteiger charge is -2.45. The van der Waals surface area contributed by atoms with E-state index in [1.165, 1.54) is 49.9 Å². The Labute approximate surface area is 122 Å². The van der Waals surface area contributed by atoms with E-state index in [-0.39, 0.29) is 0 Å². The molecule has 1 saturated heterocycles. The van der Waals surface area contributed by atoms with Crippen molar-refractivity contribution in [2.45, 2.75) is 58.4 Å². The molecule has 20 heavy (non-hydrogen) atoms. The van der Waals surface area contributed by atoms with Gasteiger partial charge in [-0.05, 0) is 45.4 Å². The number of aromatic nitrogens is 2. The second-order valence-electron chi connectivity index (χ2n) is 6.27. The fourth-order valence-electron chi connectivity index (χ4n) is 4.02. The summed E-state index contributed by atoms with van der Waals surface area (Å²) in [6, 6.07) is 0.704. The van der Waals surface area contributed by atoms with Crippen LogP contribution in [0.25, 0.3) is 0 Å². The number of nitrogens with zero attached hydrogens (tertiary/aromatic N) is 3. The molecule has 1 saturated carbocycles. The third-order valence-electron chi connectivity index (χ3n) is 4.98. The number of fused-ring (bicyclic) bond motifs is 1. The van der Waals surface area contributed by atoms with Crippen LogP contribution in [0.3, 0.4) is 0 Å². The van der Waals surface area contributed by atoms with Gasteiger partial charge in [-0.15, -0.1) is 0 Å². The van der Waals surface area contributed by atoms with Gasteiger partial charge < -0.3 is 10.2 Å². The van der Waals surface area contributed by atoms with E-state index in [1.54, 1.807) is 0 Å². The number of anilines is 2. The first-order chi connectivity index (χ1) is 9.70. The van der Waals surface area contributed by atoms with Gasteiger partial charge in [0.05, 0.1) is 0 Å². The Bertz CT molecular complexity index is 484. The van der Waals surface area contributed by atoms with Crippen LogP contribution in [0.2, 0.25) is 0 Å². The minimum atomic E-state index is 0.704. The van der Waals surface area contributed by atoms with Crippen LogP contribution in [0.1, 0.15) is 49.9 Å². The van der Waals surface area contributed by atoms with Gasteiger partial charge in [0.2, 0.25) is 0 Å². The molecule has 0 aromatic carbocycles. The number of hydrogen-bond acceptors (Lipinski definition) is 4. The summed E-state index contributed by atoms with van der Waals surface area (Å²) in [5.41, 5.74) is 1.20. The van der Waals surface area contributed by atoms with Crippen LogP contribution in [0, 0.1) is 19.8 Å². The predicted molar refractivity (Wildman–Crippen MR) is 83.4 cm³/mol. The van der Waals surface area contributed by atoms with Gasteiger partial charge in [-0.25, -0.2) is 9.97 Å². The van der Waals surface area contributed by atoms with E-state index < -0.39 is 0 Å². The molecule has 4 heteroatoms. The lowest BCUT2D eigenvalue weighted by Crippen LogP contribution is -2.47. The number of piperidine rings is 1. The normalized spacial score (nSPS) is 26.2. The van der Waals surface area contributed by atoms with Crippen molar-refractivity contribution < 1.29 is 0 Å². The van der Waals surface area contributed by atoms with E-state index in [0.717, 1.165) is 24.1 Å². The summed E-state index contributed by atoms with van der Waals surface area (Å²) in [7, 11) is 1.94. The number of hydrogen-bond donors (Lipinski definition) is 1. The molecule has 2 aliphatic rings. The van der Waals surface area contributed by atoms with Crippen LogP contribution in [0.5, 0.6) is 0 Å². The average Bonchev–Trinajstić information content (AvgIpc) is 2.48. The molecule has 2 atom stereocenters. The van der Waals surface area contributed by atoms with Gasteiger partial charge in [-0.1, -0.05) is 12.8 Å². The van der Waals surface area contributed by atoms with Crippen LogP contribution < -0.4 is 10.2 Å². The molecule has 2 fully saturated rings. The fraction of sp³-hybridized carbons (Fsp3) is 0.750. The summed E-state index contributed by atoms with van der Waals surface area (Å²) in [4.78, 5) is 11.9. The highest BCUT2D eigenvalue weighted by atomic mass is 15.2. The molecule has 2 heterocycles. The summed E-state index contributed by atoms with van der Waals surface area (Å²) >= 11 is 0. The maximum absolute atomic E-state index is 4.77. The molecule has 2 unspecified atom stereocenters. The second kappa shape index (κ2) is 5.58. The molecular weight excluding hydrogens is 248 g/mol. The van der Waals surface area contributed by atoms with Gasteiger partial charge in [0, 0.05) is 25.2 Å². The van der Waals surface area contributed by atoms with Crippen LogP contribution in [0.15, 0.2) is 0 Å². The van der Waals surface area contributed by atoms with E-state index in [1.807, 2.05) is 14.0 Å². The number of nitrogens with one attached hydrogen (secondary N) is 1. The van der Waals surface area contributed by atoms with Crippen LogP contribution >= 0.6 is 0 Å². The fourth-order valence-corrected chi connectivity index (χ4v) is 4.02. The molecule has 110 valence electrons. The maximum atomic E-state index is 4.77. The van der Waals surface area contributed by atoms with Crippen LogP contribution in [-0.2, 0) is 0 Å². The van der Waals surface area contributed by atoms with Gasteiger partial charge in [-0.3, -0.25) is 0 Å². The smallest absolute Gasteiger partial charge is 0.137 e. The molecule has 0 amide bonds. The van der Waals surface area contributed by atoms with Gasteiger partial charge >= 0.3 is 0 Å². The summed E-state index contributed by atoms with van der Waals surface area (Å²) < 4.78 is 0. The Hall–Kier alpha value is -1.32. The van der Waals surface area contributed by atoms with Gasteiger partial charge in [0.1, 0.15) is 17.5 Å². The van der Waals surface area contributed by atoms with Crippen molar-refractivity contribution in [1.82, 2.24) is 9.97 Å². The number of rotatable bonds is 2. The number of aryl methyl sites for hydroxylation is 1. The first-order valence-electron chi connectivity index (χ1n) is 8.00. The van der Waals surface area contributed by atoms with Crippen molar-refractivity contribution in [1.29, 1.82) is 0 Å². The third kappa shape index (κ3) is 2.36. The lowest BCUT2D eigenvalue weighted by atomic mass is 9.78. The van der Waals surface area contributed by atoms with E-state index in [2.05, 4.69) is 22.1 Å². The molecule has 1 aromatic rings. The highest BCUT2D eigenvalue weighted by Crippen LogP contribution is 2.38. The van der Waals surface area contributed by atoms with Crippen molar-refractivity contribution in [3.63, 3.8) is 0 Å². The Kier molecular flexibility index (Phi) is 3.81. The van der Waals surface area contributed by atoms with E-state index in [4.69, 9.17) is 4.98 Å². The van der Waals surface area contributed by atoms with Crippen molar-refractivity contribution in [2.75, 3.05) is 23.8 Å². The van der Waals surface area contributed by atoms with E-state index in [9.17, 15) is 0 Å². The quantitative estimate of drug-likeness (QED) is 0.898. The van der Waals surface area contributed by atoms with Gasteiger partial charge in [0.15, 0.2) is 0 Å². The highest BCUT2D eigenvalue weighted by molar-refractivity contribution is 5.59. The topological polar surface area (TPSA) is 41.1 Å². The zero-order valence-corrected chi connectivity index (χ0v) is 12.9. The minimum Gasteiger partial charge on any atom is -0.373 e. The summed E-state index contributed by atoms with van der Waals surface area (Å²) in [5, 5.41) is 3.21. The first kappa shape index (κ1) is 13.7. The molecule has 0 bridgehead atoms. The van der Waals surface area contributed by atoms with Crippen molar-refractivity contribution in [3.05, 3.63) is 11.4 Å². The molecule has 4 nitrogen and oxygen atoms in total. The van der Waals surface area contributed by atoms with Gasteiger partial charge in [-0.2, -0.15) is 0 Å². The summed E-state index contributed by atoms with van der Waals surface area (Å²) in [6.07, 6.45) is 8.24. The SMILES string of the molecule is CNc1nc(C)nc(N2CCCC3CCCCC32)c1C. The van der Waals surface area contributed by atoms with Crippen molar-refractivity contribution in [3.8, 4) is 0 Å². The predicted octanol–water partition coefficient (Wildman–Crippen LogP) is 3.29. The largest absolute Gasteiger partial charge is 0.373 e. The first-order valence-corrected chi connectivity index (χ1v) is 8.00. The Morgan fingerprint density at radius 2 is 1.80 bits per heavy atom.